The summed E-state index contributed by atoms with van der Waals surface area (Å²) in [6.45, 7) is 1.17. The Bertz CT molecular complexity index is 589. The molecule has 0 aliphatic rings. The lowest BCUT2D eigenvalue weighted by Crippen LogP contribution is -2.38. The first kappa shape index (κ1) is 15.0. The molecule has 2 amide bonds. The SMILES string of the molecule is NCCN(Cc1ccccc1)C(=O)Nc1ccccc1F. The first-order valence-corrected chi connectivity index (χ1v) is 6.75. The van der Waals surface area contributed by atoms with Crippen molar-refractivity contribution in [3.63, 3.8) is 0 Å². The van der Waals surface area contributed by atoms with Crippen molar-refractivity contribution in [2.75, 3.05) is 18.4 Å². The van der Waals surface area contributed by atoms with E-state index in [1.807, 2.05) is 30.3 Å². The molecule has 0 atom stereocenters. The van der Waals surface area contributed by atoms with Crippen molar-refractivity contribution in [2.24, 2.45) is 5.73 Å². The average molecular weight is 287 g/mol. The lowest BCUT2D eigenvalue weighted by molar-refractivity contribution is 0.210. The van der Waals surface area contributed by atoms with Gasteiger partial charge in [0.15, 0.2) is 0 Å². The number of benzene rings is 2. The van der Waals surface area contributed by atoms with Crippen molar-refractivity contribution < 1.29 is 9.18 Å². The van der Waals surface area contributed by atoms with Crippen molar-refractivity contribution in [1.29, 1.82) is 0 Å². The van der Waals surface area contributed by atoms with E-state index in [0.717, 1.165) is 5.56 Å². The van der Waals surface area contributed by atoms with Crippen LogP contribution in [0.15, 0.2) is 54.6 Å². The zero-order chi connectivity index (χ0) is 15.1. The van der Waals surface area contributed by atoms with Gasteiger partial charge in [0.05, 0.1) is 5.69 Å². The third kappa shape index (κ3) is 4.29. The Morgan fingerprint density at radius 1 is 1.10 bits per heavy atom. The van der Waals surface area contributed by atoms with Gasteiger partial charge in [0.2, 0.25) is 0 Å². The molecule has 0 aromatic heterocycles. The van der Waals surface area contributed by atoms with Crippen LogP contribution < -0.4 is 11.1 Å². The maximum absolute atomic E-state index is 13.6. The van der Waals surface area contributed by atoms with E-state index in [1.165, 1.54) is 12.1 Å². The van der Waals surface area contributed by atoms with Crippen LogP contribution in [0.2, 0.25) is 0 Å². The molecule has 0 saturated carbocycles. The maximum atomic E-state index is 13.6. The molecule has 0 saturated heterocycles. The molecule has 0 fully saturated rings. The minimum Gasteiger partial charge on any atom is -0.329 e. The Hall–Kier alpha value is -2.40. The van der Waals surface area contributed by atoms with Crippen LogP contribution >= 0.6 is 0 Å². The lowest BCUT2D eigenvalue weighted by atomic mass is 10.2. The zero-order valence-corrected chi connectivity index (χ0v) is 11.6. The molecule has 4 nitrogen and oxygen atoms in total. The van der Waals surface area contributed by atoms with Gasteiger partial charge in [0, 0.05) is 19.6 Å². The number of hydrogen-bond acceptors (Lipinski definition) is 2. The number of urea groups is 1. The smallest absolute Gasteiger partial charge is 0.322 e. The number of anilines is 1. The minimum absolute atomic E-state index is 0.164. The topological polar surface area (TPSA) is 58.4 Å². The van der Waals surface area contributed by atoms with Crippen molar-refractivity contribution in [2.45, 2.75) is 6.54 Å². The number of para-hydroxylation sites is 1. The highest BCUT2D eigenvalue weighted by atomic mass is 19.1. The summed E-state index contributed by atoms with van der Waals surface area (Å²) in [5.41, 5.74) is 6.71. The van der Waals surface area contributed by atoms with E-state index in [9.17, 15) is 9.18 Å². The van der Waals surface area contributed by atoms with Crippen molar-refractivity contribution >= 4 is 11.7 Å². The van der Waals surface area contributed by atoms with Crippen LogP contribution in [0.1, 0.15) is 5.56 Å². The number of hydrogen-bond donors (Lipinski definition) is 2. The first-order chi connectivity index (χ1) is 10.2. The van der Waals surface area contributed by atoms with Gasteiger partial charge < -0.3 is 16.0 Å². The van der Waals surface area contributed by atoms with Gasteiger partial charge in [-0.25, -0.2) is 9.18 Å². The summed E-state index contributed by atoms with van der Waals surface area (Å²) < 4.78 is 13.6. The highest BCUT2D eigenvalue weighted by Crippen LogP contribution is 2.14. The number of carbonyl (C=O) groups is 1. The molecule has 0 heterocycles. The number of nitrogens with zero attached hydrogens (tertiary/aromatic N) is 1. The first-order valence-electron chi connectivity index (χ1n) is 6.75. The predicted octanol–water partition coefficient (Wildman–Crippen LogP) is 2.82. The molecule has 5 heteroatoms. The van der Waals surface area contributed by atoms with Crippen LogP contribution in [0.4, 0.5) is 14.9 Å². The Kier molecular flexibility index (Phi) is 5.29. The van der Waals surface area contributed by atoms with Gasteiger partial charge in [-0.1, -0.05) is 42.5 Å². The van der Waals surface area contributed by atoms with Crippen LogP contribution in [0, 0.1) is 5.82 Å². The largest absolute Gasteiger partial charge is 0.329 e. The van der Waals surface area contributed by atoms with Crippen molar-refractivity contribution in [3.8, 4) is 0 Å². The number of nitrogens with one attached hydrogen (secondary N) is 1. The summed E-state index contributed by atoms with van der Waals surface area (Å²) in [6, 6.07) is 15.3. The minimum atomic E-state index is -0.460. The van der Waals surface area contributed by atoms with Gasteiger partial charge in [-0.3, -0.25) is 0 Å². The molecule has 2 aromatic carbocycles. The van der Waals surface area contributed by atoms with Crippen LogP contribution in [0.5, 0.6) is 0 Å². The van der Waals surface area contributed by atoms with Crippen molar-refractivity contribution in [3.05, 3.63) is 66.0 Å². The van der Waals surface area contributed by atoms with Crippen molar-refractivity contribution in [1.82, 2.24) is 4.90 Å². The Balaban J connectivity index is 2.07. The number of nitrogens with two attached hydrogens (primary N) is 1. The molecule has 21 heavy (non-hydrogen) atoms. The third-order valence-electron chi connectivity index (χ3n) is 3.02. The standard InChI is InChI=1S/C16H18FN3O/c17-14-8-4-5-9-15(14)19-16(21)20(11-10-18)12-13-6-2-1-3-7-13/h1-9H,10-12,18H2,(H,19,21). The summed E-state index contributed by atoms with van der Waals surface area (Å²) in [7, 11) is 0. The van der Waals surface area contributed by atoms with Gasteiger partial charge >= 0.3 is 6.03 Å². The maximum Gasteiger partial charge on any atom is 0.322 e. The van der Waals surface area contributed by atoms with Gasteiger partial charge in [-0.2, -0.15) is 0 Å². The van der Waals surface area contributed by atoms with E-state index in [2.05, 4.69) is 5.32 Å². The normalized spacial score (nSPS) is 10.2. The van der Waals surface area contributed by atoms with E-state index in [1.54, 1.807) is 17.0 Å². The van der Waals surface area contributed by atoms with Crippen LogP contribution in [0.25, 0.3) is 0 Å². The van der Waals surface area contributed by atoms with Gasteiger partial charge in [0.25, 0.3) is 0 Å². The fraction of sp³-hybridized carbons (Fsp3) is 0.188. The highest BCUT2D eigenvalue weighted by molar-refractivity contribution is 5.89. The summed E-state index contributed by atoms with van der Waals surface area (Å²) in [4.78, 5) is 13.8. The highest BCUT2D eigenvalue weighted by Gasteiger charge is 2.14. The van der Waals surface area contributed by atoms with E-state index in [4.69, 9.17) is 5.73 Å². The van der Waals surface area contributed by atoms with E-state index < -0.39 is 5.82 Å². The van der Waals surface area contributed by atoms with Crippen LogP contribution in [0.3, 0.4) is 0 Å². The molecule has 0 spiro atoms. The monoisotopic (exact) mass is 287 g/mol. The number of rotatable bonds is 5. The molecular formula is C16H18FN3O. The molecule has 2 aromatic rings. The molecule has 3 N–H and O–H groups in total. The van der Waals surface area contributed by atoms with E-state index >= 15 is 0 Å². The third-order valence-corrected chi connectivity index (χ3v) is 3.02. The quantitative estimate of drug-likeness (QED) is 0.888. The fourth-order valence-corrected chi connectivity index (χ4v) is 1.97. The number of amides is 2. The van der Waals surface area contributed by atoms with E-state index in [0.29, 0.717) is 19.6 Å². The predicted molar refractivity (Wildman–Crippen MR) is 81.3 cm³/mol. The van der Waals surface area contributed by atoms with Crippen LogP contribution in [-0.2, 0) is 6.54 Å². The molecule has 0 bridgehead atoms. The number of carbonyl (C=O) groups excluding carboxylic acids is 1. The molecule has 0 unspecified atom stereocenters. The summed E-state index contributed by atoms with van der Waals surface area (Å²) in [5.74, 6) is -0.460. The van der Waals surface area contributed by atoms with E-state index in [-0.39, 0.29) is 11.7 Å². The second-order valence-corrected chi connectivity index (χ2v) is 4.61. The van der Waals surface area contributed by atoms with Gasteiger partial charge in [-0.05, 0) is 17.7 Å². The molecule has 0 aliphatic carbocycles. The summed E-state index contributed by atoms with van der Waals surface area (Å²) >= 11 is 0. The molecule has 0 aliphatic heterocycles. The average Bonchev–Trinajstić information content (AvgIpc) is 2.50. The number of halogens is 1. The molecule has 0 radical (unpaired) electrons. The molecule has 2 rings (SSSR count). The second-order valence-electron chi connectivity index (χ2n) is 4.61. The lowest BCUT2D eigenvalue weighted by Gasteiger charge is -2.22. The summed E-state index contributed by atoms with van der Waals surface area (Å²) in [6.07, 6.45) is 0. The Labute approximate surface area is 123 Å². The molecule has 110 valence electrons. The summed E-state index contributed by atoms with van der Waals surface area (Å²) in [5, 5.41) is 2.57. The van der Waals surface area contributed by atoms with Gasteiger partial charge in [0.1, 0.15) is 5.82 Å². The Morgan fingerprint density at radius 2 is 1.76 bits per heavy atom. The second kappa shape index (κ2) is 7.40. The Morgan fingerprint density at radius 3 is 2.43 bits per heavy atom. The van der Waals surface area contributed by atoms with Gasteiger partial charge in [-0.15, -0.1) is 0 Å². The zero-order valence-electron chi connectivity index (χ0n) is 11.6. The van der Waals surface area contributed by atoms with Crippen LogP contribution in [-0.4, -0.2) is 24.0 Å². The fourth-order valence-electron chi connectivity index (χ4n) is 1.97. The molecular weight excluding hydrogens is 269 g/mol.